The van der Waals surface area contributed by atoms with Crippen molar-refractivity contribution in [2.45, 2.75) is 32.6 Å². The molecule has 0 unspecified atom stereocenters. The van der Waals surface area contributed by atoms with Gasteiger partial charge in [-0.25, -0.2) is 4.98 Å². The Morgan fingerprint density at radius 1 is 1.06 bits per heavy atom. The Hall–Kier alpha value is -2.97. The van der Waals surface area contributed by atoms with Crippen LogP contribution < -0.4 is 14.8 Å². The summed E-state index contributed by atoms with van der Waals surface area (Å²) in [5, 5.41) is 4.44. The second-order valence-electron chi connectivity index (χ2n) is 7.71. The van der Waals surface area contributed by atoms with Crippen molar-refractivity contribution in [2.24, 2.45) is 0 Å². The first kappa shape index (κ1) is 23.2. The number of hydrogen-bond donors (Lipinski definition) is 1. The van der Waals surface area contributed by atoms with Gasteiger partial charge < -0.3 is 14.8 Å². The van der Waals surface area contributed by atoms with Crippen LogP contribution in [0.4, 0.5) is 5.82 Å². The van der Waals surface area contributed by atoms with Gasteiger partial charge in [0.25, 0.3) is 0 Å². The molecule has 0 atom stereocenters. The summed E-state index contributed by atoms with van der Waals surface area (Å²) in [5.41, 5.74) is 1.91. The second kappa shape index (κ2) is 10.3. The number of Topliss-reactive ketones (excluding diaryl/α,β-unsaturated/α-hetero) is 1. The van der Waals surface area contributed by atoms with Gasteiger partial charge in [0, 0.05) is 23.7 Å². The molecule has 4 rings (SSSR count). The number of benzene rings is 1. The monoisotopic (exact) mass is 482 g/mol. The zero-order valence-electron chi connectivity index (χ0n) is 18.9. The first-order valence-corrected chi connectivity index (χ1v) is 12.5. The van der Waals surface area contributed by atoms with Crippen molar-refractivity contribution in [3.8, 4) is 11.5 Å². The molecule has 0 radical (unpaired) electrons. The number of aromatic nitrogens is 1. The van der Waals surface area contributed by atoms with Gasteiger partial charge in [-0.2, -0.15) is 0 Å². The lowest BCUT2D eigenvalue weighted by Gasteiger charge is -2.12. The van der Waals surface area contributed by atoms with Gasteiger partial charge in [0.2, 0.25) is 0 Å². The largest absolute Gasteiger partial charge is 0.496 e. The van der Waals surface area contributed by atoms with Crippen molar-refractivity contribution < 1.29 is 19.1 Å². The molecule has 0 aliphatic carbocycles. The van der Waals surface area contributed by atoms with Gasteiger partial charge in [0.05, 0.1) is 34.2 Å². The molecule has 0 spiro atoms. The molecule has 0 aliphatic heterocycles. The van der Waals surface area contributed by atoms with E-state index in [1.165, 1.54) is 22.7 Å². The van der Waals surface area contributed by atoms with Crippen LogP contribution in [0.25, 0.3) is 20.3 Å². The minimum atomic E-state index is 0.158. The maximum absolute atomic E-state index is 12.3. The molecule has 4 aromatic rings. The van der Waals surface area contributed by atoms with E-state index in [9.17, 15) is 9.59 Å². The van der Waals surface area contributed by atoms with E-state index in [-0.39, 0.29) is 5.78 Å². The van der Waals surface area contributed by atoms with Gasteiger partial charge in [-0.3, -0.25) is 9.59 Å². The van der Waals surface area contributed by atoms with E-state index in [1.807, 2.05) is 31.2 Å². The van der Waals surface area contributed by atoms with Gasteiger partial charge in [0.1, 0.15) is 5.75 Å². The van der Waals surface area contributed by atoms with E-state index in [0.717, 1.165) is 62.0 Å². The van der Waals surface area contributed by atoms with Crippen LogP contribution in [0, 0.1) is 0 Å². The lowest BCUT2D eigenvalue weighted by molar-refractivity contribution is 0.0985. The number of aryl methyl sites for hydroxylation is 1. The van der Waals surface area contributed by atoms with Gasteiger partial charge in [-0.15, -0.1) is 22.7 Å². The molecule has 1 aromatic carbocycles. The van der Waals surface area contributed by atoms with Crippen molar-refractivity contribution in [3.63, 3.8) is 0 Å². The number of ether oxygens (including phenoxy) is 2. The van der Waals surface area contributed by atoms with E-state index in [1.54, 1.807) is 14.2 Å². The quantitative estimate of drug-likeness (QED) is 0.152. The van der Waals surface area contributed by atoms with Crippen LogP contribution >= 0.6 is 22.7 Å². The minimum absolute atomic E-state index is 0.158. The predicted octanol–water partition coefficient (Wildman–Crippen LogP) is 6.37. The summed E-state index contributed by atoms with van der Waals surface area (Å²) in [4.78, 5) is 29.5. The van der Waals surface area contributed by atoms with Crippen LogP contribution in [0.3, 0.4) is 0 Å². The van der Waals surface area contributed by atoms with Crippen LogP contribution in [0.1, 0.15) is 51.1 Å². The summed E-state index contributed by atoms with van der Waals surface area (Å²) in [5.74, 6) is 2.33. The molecule has 0 saturated carbocycles. The molecule has 0 amide bonds. The number of methoxy groups -OCH3 is 2. The Morgan fingerprint density at radius 2 is 1.85 bits per heavy atom. The Labute approximate surface area is 200 Å². The number of anilines is 1. The summed E-state index contributed by atoms with van der Waals surface area (Å²) >= 11 is 2.93. The molecule has 0 bridgehead atoms. The Balaban J connectivity index is 1.46. The number of nitrogens with zero attached hydrogens (tertiary/aromatic N) is 1. The van der Waals surface area contributed by atoms with Crippen molar-refractivity contribution >= 4 is 60.9 Å². The van der Waals surface area contributed by atoms with Crippen LogP contribution in [-0.4, -0.2) is 37.8 Å². The molecule has 0 saturated heterocycles. The molecule has 8 heteroatoms. The van der Waals surface area contributed by atoms with Crippen molar-refractivity contribution in [2.75, 3.05) is 26.1 Å². The second-order valence-corrected chi connectivity index (χ2v) is 9.90. The number of carbonyl (C=O) groups excluding carboxylic acids is 2. The summed E-state index contributed by atoms with van der Waals surface area (Å²) in [7, 11) is 3.29. The third kappa shape index (κ3) is 5.02. The molecule has 6 nitrogen and oxygen atoms in total. The Bertz CT molecular complexity index is 1310. The first-order chi connectivity index (χ1) is 16.1. The zero-order chi connectivity index (χ0) is 23.4. The van der Waals surface area contributed by atoms with E-state index in [4.69, 9.17) is 14.5 Å². The topological polar surface area (TPSA) is 77.5 Å². The smallest absolute Gasteiger partial charge is 0.172 e. The number of hydrogen-bond acceptors (Lipinski definition) is 8. The first-order valence-electron chi connectivity index (χ1n) is 10.9. The highest BCUT2D eigenvalue weighted by Crippen LogP contribution is 2.34. The lowest BCUT2D eigenvalue weighted by atomic mass is 10.1. The highest BCUT2D eigenvalue weighted by atomic mass is 32.1. The summed E-state index contributed by atoms with van der Waals surface area (Å²) < 4.78 is 13.1. The van der Waals surface area contributed by atoms with E-state index in [0.29, 0.717) is 29.4 Å². The molecule has 1 N–H and O–H groups in total. The number of thiophene rings is 2. The number of fused-ring (bicyclic) bond motifs is 2. The summed E-state index contributed by atoms with van der Waals surface area (Å²) in [6.45, 7) is 2.70. The standard InChI is InChI=1S/C25H26N2O4S2/c1-4-6-19(29)24-11-18-23(33-24)13-21(31-3)25(27-18)26-8-5-7-15-9-16-10-17(14-28)32-22(16)12-20(15)30-2/h9-14H,4-8H2,1-3H3,(H,26,27). The van der Waals surface area contributed by atoms with Crippen LogP contribution in [0.5, 0.6) is 11.5 Å². The number of ketones is 1. The van der Waals surface area contributed by atoms with Crippen LogP contribution in [-0.2, 0) is 6.42 Å². The van der Waals surface area contributed by atoms with Crippen molar-refractivity contribution in [3.05, 3.63) is 45.6 Å². The van der Waals surface area contributed by atoms with E-state index in [2.05, 4.69) is 11.4 Å². The van der Waals surface area contributed by atoms with Crippen molar-refractivity contribution in [1.82, 2.24) is 4.98 Å². The molecule has 0 aliphatic rings. The fraction of sp³-hybridized carbons (Fsp3) is 0.320. The number of nitrogens with one attached hydrogen (secondary N) is 1. The summed E-state index contributed by atoms with van der Waals surface area (Å²) in [6.07, 6.45) is 3.94. The minimum Gasteiger partial charge on any atom is -0.496 e. The predicted molar refractivity (Wildman–Crippen MR) is 136 cm³/mol. The van der Waals surface area contributed by atoms with E-state index >= 15 is 0 Å². The zero-order valence-corrected chi connectivity index (χ0v) is 20.5. The SMILES string of the molecule is CCCC(=O)c1cc2nc(NCCCc3cc4cc(C=O)sc4cc3OC)c(OC)cc2s1. The Kier molecular flexibility index (Phi) is 7.25. The third-order valence-corrected chi connectivity index (χ3v) is 7.55. The fourth-order valence-corrected chi connectivity index (χ4v) is 5.67. The highest BCUT2D eigenvalue weighted by molar-refractivity contribution is 7.21. The van der Waals surface area contributed by atoms with Crippen LogP contribution in [0.15, 0.2) is 30.3 Å². The lowest BCUT2D eigenvalue weighted by Crippen LogP contribution is -2.06. The molecule has 172 valence electrons. The molecular weight excluding hydrogens is 456 g/mol. The third-order valence-electron chi connectivity index (χ3n) is 5.41. The van der Waals surface area contributed by atoms with Crippen molar-refractivity contribution in [1.29, 1.82) is 0 Å². The number of carbonyl (C=O) groups is 2. The number of rotatable bonds is 11. The van der Waals surface area contributed by atoms with Gasteiger partial charge in [0.15, 0.2) is 23.6 Å². The number of pyridine rings is 1. The summed E-state index contributed by atoms with van der Waals surface area (Å²) in [6, 6.07) is 9.83. The van der Waals surface area contributed by atoms with Crippen LogP contribution in [0.2, 0.25) is 0 Å². The fourth-order valence-electron chi connectivity index (χ4n) is 3.78. The molecule has 3 aromatic heterocycles. The molecule has 0 fully saturated rings. The molecule has 3 heterocycles. The molecule has 33 heavy (non-hydrogen) atoms. The maximum atomic E-state index is 12.3. The molecular formula is C25H26N2O4S2. The van der Waals surface area contributed by atoms with Gasteiger partial charge in [-0.1, -0.05) is 6.92 Å². The maximum Gasteiger partial charge on any atom is 0.172 e. The van der Waals surface area contributed by atoms with Gasteiger partial charge >= 0.3 is 0 Å². The average molecular weight is 483 g/mol. The highest BCUT2D eigenvalue weighted by Gasteiger charge is 2.14. The normalized spacial score (nSPS) is 11.1. The number of aldehydes is 1. The van der Waals surface area contributed by atoms with E-state index < -0.39 is 0 Å². The Morgan fingerprint density at radius 3 is 2.58 bits per heavy atom. The average Bonchev–Trinajstić information content (AvgIpc) is 3.43. The van der Waals surface area contributed by atoms with Gasteiger partial charge in [-0.05, 0) is 54.5 Å².